The van der Waals surface area contributed by atoms with Gasteiger partial charge in [0.2, 0.25) is 17.6 Å². The lowest BCUT2D eigenvalue weighted by molar-refractivity contribution is -0.160. The molecule has 1 saturated carbocycles. The quantitative estimate of drug-likeness (QED) is 0.154. The molecule has 1 unspecified atom stereocenters. The average Bonchev–Trinajstić information content (AvgIpc) is 3.21. The third-order valence-corrected chi connectivity index (χ3v) is 8.60. The molecule has 0 aromatic heterocycles. The molecule has 254 valence electrons. The fourth-order valence-corrected chi connectivity index (χ4v) is 5.94. The maximum absolute atomic E-state index is 14.2. The number of urea groups is 1. The highest BCUT2D eigenvalue weighted by Gasteiger charge is 2.70. The Morgan fingerprint density at radius 3 is 1.91 bits per heavy atom. The third kappa shape index (κ3) is 9.07. The second-order valence-electron chi connectivity index (χ2n) is 16.0. The fraction of sp³-hybridized carbons (Fsp3) is 0.758. The van der Waals surface area contributed by atoms with Crippen molar-refractivity contribution in [2.24, 2.45) is 28.1 Å². The number of carbonyl (C=O) groups is 6. The Kier molecular flexibility index (Phi) is 11.3. The van der Waals surface area contributed by atoms with Crippen LogP contribution in [0.5, 0.6) is 0 Å². The van der Waals surface area contributed by atoms with Crippen molar-refractivity contribution < 1.29 is 33.5 Å². The highest BCUT2D eigenvalue weighted by atomic mass is 16.6. The van der Waals surface area contributed by atoms with Crippen LogP contribution in [0.25, 0.3) is 0 Å². The standard InChI is InChI=1S/C33H55N5O7/c1-14-16-34-26(41)22(39)19(15-2)35-25(40)21-20-18(33(20,12)13)17-38(21)27(42)23(30(3,4)5)36-29(44)37-24(31(6,7)8)28(43)45-32(9,10)11/h14,18-21,23-24H,1,15-17H2,2-13H3,(H,34,41)(H,35,40)(H2,36,37,44)/t18-,19?,20-,21-,23+,24+/m0/s1. The molecule has 12 heteroatoms. The molecule has 1 saturated heterocycles. The van der Waals surface area contributed by atoms with E-state index in [1.54, 1.807) is 69.2 Å². The summed E-state index contributed by atoms with van der Waals surface area (Å²) in [4.78, 5) is 80.9. The van der Waals surface area contributed by atoms with Crippen molar-refractivity contribution in [2.75, 3.05) is 13.1 Å². The highest BCUT2D eigenvalue weighted by Crippen LogP contribution is 2.65. The zero-order valence-electron chi connectivity index (χ0n) is 29.2. The van der Waals surface area contributed by atoms with E-state index in [-0.39, 0.29) is 30.2 Å². The first-order chi connectivity index (χ1) is 20.4. The summed E-state index contributed by atoms with van der Waals surface area (Å²) in [5.41, 5.74) is -2.44. The monoisotopic (exact) mass is 633 g/mol. The Labute approximate surface area is 268 Å². The topological polar surface area (TPSA) is 163 Å². The lowest BCUT2D eigenvalue weighted by Gasteiger charge is -2.38. The van der Waals surface area contributed by atoms with E-state index >= 15 is 0 Å². The summed E-state index contributed by atoms with van der Waals surface area (Å²) in [5.74, 6) is -3.28. The molecule has 1 aliphatic heterocycles. The summed E-state index contributed by atoms with van der Waals surface area (Å²) >= 11 is 0. The van der Waals surface area contributed by atoms with Crippen LogP contribution in [0, 0.1) is 28.1 Å². The van der Waals surface area contributed by atoms with Gasteiger partial charge < -0.3 is 30.9 Å². The third-order valence-electron chi connectivity index (χ3n) is 8.60. The van der Waals surface area contributed by atoms with Gasteiger partial charge >= 0.3 is 12.0 Å². The zero-order valence-corrected chi connectivity index (χ0v) is 29.2. The van der Waals surface area contributed by atoms with Crippen LogP contribution in [0.3, 0.4) is 0 Å². The summed E-state index contributed by atoms with van der Waals surface area (Å²) in [7, 11) is 0. The van der Waals surface area contributed by atoms with Crippen LogP contribution in [0.4, 0.5) is 4.79 Å². The maximum Gasteiger partial charge on any atom is 0.329 e. The summed E-state index contributed by atoms with van der Waals surface area (Å²) in [6, 6.07) is -4.74. The van der Waals surface area contributed by atoms with Gasteiger partial charge in [-0.1, -0.05) is 68.4 Å². The molecule has 5 amide bonds. The normalized spacial score (nSPS) is 22.6. The minimum atomic E-state index is -1.07. The number of Topliss-reactive ketones (excluding diaryl/α,β-unsaturated/α-hetero) is 1. The number of hydrogen-bond acceptors (Lipinski definition) is 7. The molecule has 2 rings (SSSR count). The van der Waals surface area contributed by atoms with Crippen LogP contribution < -0.4 is 21.3 Å². The number of nitrogens with one attached hydrogen (secondary N) is 4. The molecule has 45 heavy (non-hydrogen) atoms. The minimum Gasteiger partial charge on any atom is -0.458 e. The van der Waals surface area contributed by atoms with Gasteiger partial charge in [0.25, 0.3) is 5.91 Å². The van der Waals surface area contributed by atoms with Crippen molar-refractivity contribution >= 4 is 35.5 Å². The van der Waals surface area contributed by atoms with Crippen molar-refractivity contribution in [3.63, 3.8) is 0 Å². The molecule has 12 nitrogen and oxygen atoms in total. The van der Waals surface area contributed by atoms with Crippen LogP contribution in [0.1, 0.15) is 89.5 Å². The SMILES string of the molecule is C=CCNC(=O)C(=O)C(CC)NC(=O)[C@@H]1[C@@H]2[C@H](CN1C(=O)[C@@H](NC(=O)N[C@H](C(=O)OC(C)(C)C)C(C)(C)C)C(C)(C)C)C2(C)C. The number of amides is 5. The van der Waals surface area contributed by atoms with Gasteiger partial charge in [0.1, 0.15) is 23.7 Å². The van der Waals surface area contributed by atoms with Gasteiger partial charge in [-0.2, -0.15) is 0 Å². The molecule has 1 heterocycles. The molecular formula is C33H55N5O7. The summed E-state index contributed by atoms with van der Waals surface area (Å²) in [6.07, 6.45) is 1.63. The first-order valence-electron chi connectivity index (χ1n) is 15.7. The number of hydrogen-bond donors (Lipinski definition) is 4. The molecule has 1 aliphatic carbocycles. The van der Waals surface area contributed by atoms with Crippen molar-refractivity contribution in [3.8, 4) is 0 Å². The van der Waals surface area contributed by atoms with Gasteiger partial charge in [0, 0.05) is 13.1 Å². The van der Waals surface area contributed by atoms with Gasteiger partial charge in [-0.3, -0.25) is 19.2 Å². The van der Waals surface area contributed by atoms with Gasteiger partial charge in [-0.05, 0) is 55.3 Å². The number of ether oxygens (including phenoxy) is 1. The number of esters is 1. The number of carbonyl (C=O) groups excluding carboxylic acids is 6. The zero-order chi connectivity index (χ0) is 34.9. The second-order valence-corrected chi connectivity index (χ2v) is 16.0. The Morgan fingerprint density at radius 1 is 0.911 bits per heavy atom. The predicted octanol–water partition coefficient (Wildman–Crippen LogP) is 2.71. The molecule has 2 aliphatic rings. The predicted molar refractivity (Wildman–Crippen MR) is 171 cm³/mol. The van der Waals surface area contributed by atoms with E-state index in [0.29, 0.717) is 6.54 Å². The fourth-order valence-electron chi connectivity index (χ4n) is 5.94. The van der Waals surface area contributed by atoms with Crippen LogP contribution in [-0.2, 0) is 28.7 Å². The number of rotatable bonds is 11. The van der Waals surface area contributed by atoms with Gasteiger partial charge in [0.15, 0.2) is 0 Å². The van der Waals surface area contributed by atoms with Crippen molar-refractivity contribution in [2.45, 2.75) is 119 Å². The van der Waals surface area contributed by atoms with Crippen LogP contribution in [0.2, 0.25) is 0 Å². The number of ketones is 1. The number of piperidine rings is 1. The Hall–Kier alpha value is -3.44. The van der Waals surface area contributed by atoms with E-state index in [4.69, 9.17) is 4.74 Å². The average molecular weight is 634 g/mol. The lowest BCUT2D eigenvalue weighted by Crippen LogP contribution is -2.63. The summed E-state index contributed by atoms with van der Waals surface area (Å²) in [6.45, 7) is 25.7. The Bertz CT molecular complexity index is 1190. The van der Waals surface area contributed by atoms with Gasteiger partial charge in [-0.25, -0.2) is 9.59 Å². The smallest absolute Gasteiger partial charge is 0.329 e. The molecule has 0 radical (unpaired) electrons. The molecule has 6 atom stereocenters. The number of likely N-dealkylation sites (tertiary alicyclic amines) is 1. The van der Waals surface area contributed by atoms with Crippen molar-refractivity contribution in [1.29, 1.82) is 0 Å². The van der Waals surface area contributed by atoms with Gasteiger partial charge in [-0.15, -0.1) is 6.58 Å². The molecule has 2 fully saturated rings. The first kappa shape index (κ1) is 37.7. The van der Waals surface area contributed by atoms with E-state index in [2.05, 4.69) is 27.8 Å². The number of nitrogens with zero attached hydrogens (tertiary/aromatic N) is 1. The molecular weight excluding hydrogens is 578 g/mol. The molecule has 0 bridgehead atoms. The van der Waals surface area contributed by atoms with E-state index in [9.17, 15) is 28.8 Å². The second kappa shape index (κ2) is 13.5. The van der Waals surface area contributed by atoms with E-state index < -0.39 is 76.1 Å². The first-order valence-corrected chi connectivity index (χ1v) is 15.7. The Balaban J connectivity index is 2.31. The Morgan fingerprint density at radius 2 is 1.44 bits per heavy atom. The minimum absolute atomic E-state index is 0.0516. The maximum atomic E-state index is 14.2. The summed E-state index contributed by atoms with van der Waals surface area (Å²) in [5, 5.41) is 10.6. The molecule has 4 N–H and O–H groups in total. The summed E-state index contributed by atoms with van der Waals surface area (Å²) < 4.78 is 5.54. The van der Waals surface area contributed by atoms with Crippen LogP contribution >= 0.6 is 0 Å². The van der Waals surface area contributed by atoms with Crippen LogP contribution in [0.15, 0.2) is 12.7 Å². The lowest BCUT2D eigenvalue weighted by atomic mass is 9.85. The van der Waals surface area contributed by atoms with E-state index in [1.807, 2.05) is 13.8 Å². The molecule has 0 aromatic carbocycles. The van der Waals surface area contributed by atoms with Crippen molar-refractivity contribution in [3.05, 3.63) is 12.7 Å². The molecule has 0 aromatic rings. The highest BCUT2D eigenvalue weighted by molar-refractivity contribution is 6.38. The van der Waals surface area contributed by atoms with Crippen LogP contribution in [-0.4, -0.2) is 83.3 Å². The largest absolute Gasteiger partial charge is 0.458 e. The van der Waals surface area contributed by atoms with Gasteiger partial charge in [0.05, 0.1) is 6.04 Å². The number of fused-ring (bicyclic) bond motifs is 1. The van der Waals surface area contributed by atoms with Crippen molar-refractivity contribution in [1.82, 2.24) is 26.2 Å². The van der Waals surface area contributed by atoms with E-state index in [1.165, 1.54) is 11.0 Å². The van der Waals surface area contributed by atoms with E-state index in [0.717, 1.165) is 0 Å². The molecule has 0 spiro atoms.